The van der Waals surface area contributed by atoms with Gasteiger partial charge >= 0.3 is 11.9 Å². The smallest absolute Gasteiger partial charge is 0.316 e. The van der Waals surface area contributed by atoms with E-state index in [0.717, 1.165) is 32.0 Å². The molecule has 1 unspecified atom stereocenters. The van der Waals surface area contributed by atoms with Crippen molar-refractivity contribution in [3.8, 4) is 23.0 Å². The lowest BCUT2D eigenvalue weighted by Crippen LogP contribution is -2.49. The Labute approximate surface area is 353 Å². The molecule has 0 saturated heterocycles. The number of hydrogen-bond donors (Lipinski definition) is 2. The van der Waals surface area contributed by atoms with E-state index in [4.69, 9.17) is 24.1 Å². The van der Waals surface area contributed by atoms with E-state index in [1.807, 2.05) is 59.7 Å². The van der Waals surface area contributed by atoms with Gasteiger partial charge < -0.3 is 29.4 Å². The molecule has 1 atom stereocenters. The van der Waals surface area contributed by atoms with Gasteiger partial charge in [-0.15, -0.1) is 0 Å². The summed E-state index contributed by atoms with van der Waals surface area (Å²) < 4.78 is 25.1. The lowest BCUT2D eigenvalue weighted by Gasteiger charge is -2.44. The molecule has 0 aliphatic carbocycles. The van der Waals surface area contributed by atoms with E-state index in [0.29, 0.717) is 40.1 Å². The van der Waals surface area contributed by atoms with Gasteiger partial charge in [0.2, 0.25) is 5.91 Å². The predicted molar refractivity (Wildman–Crippen MR) is 235 cm³/mol. The maximum atomic E-state index is 14.0. The molecule has 1 amide bonds. The van der Waals surface area contributed by atoms with Crippen molar-refractivity contribution < 1.29 is 43.2 Å². The van der Waals surface area contributed by atoms with Crippen molar-refractivity contribution >= 4 is 24.1 Å². The van der Waals surface area contributed by atoms with E-state index in [2.05, 4.69) is 19.2 Å². The minimum atomic E-state index is -1.44. The Hall–Kier alpha value is -4.54. The first kappa shape index (κ1) is 50.6. The molecule has 0 radical (unpaired) electrons. The van der Waals surface area contributed by atoms with E-state index in [-0.39, 0.29) is 29.8 Å². The molecule has 10 nitrogen and oxygen atoms in total. The van der Waals surface area contributed by atoms with E-state index in [1.54, 1.807) is 85.1 Å². The van der Waals surface area contributed by atoms with Crippen molar-refractivity contribution in [3.05, 3.63) is 82.4 Å². The molecular formula is C49H71NO9. The summed E-state index contributed by atoms with van der Waals surface area (Å²) in [6.07, 6.45) is 5.27. The van der Waals surface area contributed by atoms with Crippen molar-refractivity contribution in [2.45, 2.75) is 140 Å². The largest absolute Gasteiger partial charge is 0.456 e. The number of amides is 1. The van der Waals surface area contributed by atoms with Gasteiger partial charge in [0.15, 0.2) is 5.60 Å². The molecule has 3 aromatic rings. The number of aliphatic hydroxyl groups excluding tert-OH is 1. The summed E-state index contributed by atoms with van der Waals surface area (Å²) in [5.41, 5.74) is -2.54. The Morgan fingerprint density at radius 2 is 1.31 bits per heavy atom. The van der Waals surface area contributed by atoms with Gasteiger partial charge in [0, 0.05) is 65.6 Å². The molecule has 0 aromatic heterocycles. The fourth-order valence-electron chi connectivity index (χ4n) is 6.39. The number of aliphatic hydroxyl groups is 1. The van der Waals surface area contributed by atoms with Crippen LogP contribution in [0.4, 0.5) is 0 Å². The van der Waals surface area contributed by atoms with Crippen molar-refractivity contribution in [2.24, 2.45) is 16.2 Å². The molecule has 10 heteroatoms. The third-order valence-corrected chi connectivity index (χ3v) is 10.6. The molecule has 59 heavy (non-hydrogen) atoms. The SMILES string of the molecule is CC.CCC.COC1(c2ccccc2C=O)c2ccc(OC(=O)C(C)(C)C)cc2Oc2cc(OC(=O)C(C)(C)C)c(C(C)(C)C(C)(C)C(=O)NCCCCCCO)cc21. The maximum Gasteiger partial charge on any atom is 0.316 e. The first-order valence-corrected chi connectivity index (χ1v) is 21.0. The number of esters is 2. The van der Waals surface area contributed by atoms with Crippen LogP contribution in [0.5, 0.6) is 23.0 Å². The van der Waals surface area contributed by atoms with E-state index >= 15 is 0 Å². The number of ether oxygens (including phenoxy) is 4. The van der Waals surface area contributed by atoms with Gasteiger partial charge in [-0.1, -0.05) is 98.9 Å². The summed E-state index contributed by atoms with van der Waals surface area (Å²) in [7, 11) is 1.55. The second kappa shape index (κ2) is 21.1. The third kappa shape index (κ3) is 11.4. The molecule has 0 spiro atoms. The molecule has 0 bridgehead atoms. The normalized spacial score (nSPS) is 14.8. The lowest BCUT2D eigenvalue weighted by molar-refractivity contribution is -0.143. The summed E-state index contributed by atoms with van der Waals surface area (Å²) in [6, 6.07) is 15.6. The van der Waals surface area contributed by atoms with Crippen LogP contribution in [0.15, 0.2) is 54.6 Å². The number of unbranched alkanes of at least 4 members (excludes halogenated alkanes) is 3. The number of methoxy groups -OCH3 is 1. The van der Waals surface area contributed by atoms with Crippen LogP contribution in [0.2, 0.25) is 0 Å². The van der Waals surface area contributed by atoms with Crippen LogP contribution in [0.1, 0.15) is 162 Å². The standard InChI is InChI=1S/C44H57NO9.C3H8.C2H6/c1-40(2,3)38(49)52-29-20-21-31-34(24-29)53-36-26-35(54-39(50)41(4,5)6)32(25-33(36)44(31,51-11)30-19-15-14-18-28(30)27-47)42(7,8)43(9,10)37(48)45-22-16-12-13-17-23-46;1-3-2;1-2/h14-15,18-21,24-27,46H,12-13,16-17,22-23H2,1-11H3,(H,45,48);3H2,1-2H3;1-2H3. The van der Waals surface area contributed by atoms with Gasteiger partial charge in [-0.3, -0.25) is 19.2 Å². The van der Waals surface area contributed by atoms with Crippen molar-refractivity contribution in [1.29, 1.82) is 0 Å². The fourth-order valence-corrected chi connectivity index (χ4v) is 6.39. The Morgan fingerprint density at radius 3 is 1.86 bits per heavy atom. The number of fused-ring (bicyclic) bond motifs is 2. The third-order valence-electron chi connectivity index (χ3n) is 10.6. The molecule has 1 aliphatic heterocycles. The van der Waals surface area contributed by atoms with Gasteiger partial charge in [0.05, 0.1) is 16.2 Å². The second-order valence-corrected chi connectivity index (χ2v) is 17.8. The van der Waals surface area contributed by atoms with Gasteiger partial charge in [-0.05, 0) is 72.6 Å². The highest BCUT2D eigenvalue weighted by atomic mass is 16.5. The molecule has 0 saturated carbocycles. The number of hydrogen-bond acceptors (Lipinski definition) is 9. The van der Waals surface area contributed by atoms with Crippen LogP contribution in [0, 0.1) is 16.2 Å². The number of nitrogens with one attached hydrogen (secondary N) is 1. The highest BCUT2D eigenvalue weighted by Crippen LogP contribution is 2.57. The first-order chi connectivity index (χ1) is 27.6. The van der Waals surface area contributed by atoms with Gasteiger partial charge in [0.1, 0.15) is 29.3 Å². The van der Waals surface area contributed by atoms with Gasteiger partial charge in [0.25, 0.3) is 0 Å². The Bertz CT molecular complexity index is 1900. The van der Waals surface area contributed by atoms with Crippen molar-refractivity contribution in [3.63, 3.8) is 0 Å². The number of carbonyl (C=O) groups is 4. The summed E-state index contributed by atoms with van der Waals surface area (Å²) in [5, 5.41) is 12.2. The summed E-state index contributed by atoms with van der Waals surface area (Å²) in [4.78, 5) is 53.1. The van der Waals surface area contributed by atoms with Crippen LogP contribution in [0.3, 0.4) is 0 Å². The second-order valence-electron chi connectivity index (χ2n) is 17.8. The Morgan fingerprint density at radius 1 is 0.746 bits per heavy atom. The van der Waals surface area contributed by atoms with Crippen LogP contribution in [0.25, 0.3) is 0 Å². The lowest BCUT2D eigenvalue weighted by atomic mass is 9.62. The Balaban J connectivity index is 0.00000229. The molecule has 1 aliphatic rings. The van der Waals surface area contributed by atoms with Crippen molar-refractivity contribution in [2.75, 3.05) is 20.3 Å². The molecule has 2 N–H and O–H groups in total. The molecule has 3 aromatic carbocycles. The average molecular weight is 818 g/mol. The molecule has 4 rings (SSSR count). The molecule has 326 valence electrons. The number of carbonyl (C=O) groups excluding carboxylic acids is 4. The van der Waals surface area contributed by atoms with Gasteiger partial charge in [-0.25, -0.2) is 0 Å². The molecular weight excluding hydrogens is 747 g/mol. The average Bonchev–Trinajstić information content (AvgIpc) is 3.18. The van der Waals surface area contributed by atoms with Gasteiger partial charge in [-0.2, -0.15) is 0 Å². The zero-order valence-electron chi connectivity index (χ0n) is 38.4. The summed E-state index contributed by atoms with van der Waals surface area (Å²) in [6.45, 7) is 27.0. The topological polar surface area (TPSA) is 137 Å². The predicted octanol–water partition coefficient (Wildman–Crippen LogP) is 10.9. The first-order valence-electron chi connectivity index (χ1n) is 21.0. The number of aldehydes is 1. The molecule has 0 fully saturated rings. The van der Waals surface area contributed by atoms with Crippen LogP contribution in [-0.2, 0) is 30.1 Å². The monoisotopic (exact) mass is 818 g/mol. The number of rotatable bonds is 14. The van der Waals surface area contributed by atoms with Crippen molar-refractivity contribution in [1.82, 2.24) is 5.32 Å². The zero-order valence-corrected chi connectivity index (χ0v) is 38.4. The zero-order chi connectivity index (χ0) is 45.0. The maximum absolute atomic E-state index is 14.0. The summed E-state index contributed by atoms with van der Waals surface area (Å²) in [5.74, 6) is -0.0429. The van der Waals surface area contributed by atoms with E-state index in [1.165, 1.54) is 6.42 Å². The minimum absolute atomic E-state index is 0.145. The van der Waals surface area contributed by atoms with Crippen LogP contribution < -0.4 is 19.5 Å². The fraction of sp³-hybridized carbons (Fsp3) is 0.551. The minimum Gasteiger partial charge on any atom is -0.456 e. The number of benzene rings is 3. The quantitative estimate of drug-likeness (QED) is 0.0705. The van der Waals surface area contributed by atoms with Crippen LogP contribution >= 0.6 is 0 Å². The van der Waals surface area contributed by atoms with Crippen LogP contribution in [-0.4, -0.2) is 49.5 Å². The summed E-state index contributed by atoms with van der Waals surface area (Å²) >= 11 is 0. The van der Waals surface area contributed by atoms with E-state index in [9.17, 15) is 19.2 Å². The highest BCUT2D eigenvalue weighted by Gasteiger charge is 2.50. The Kier molecular flexibility index (Phi) is 18.1. The van der Waals surface area contributed by atoms with E-state index < -0.39 is 39.2 Å². The highest BCUT2D eigenvalue weighted by molar-refractivity contribution is 5.85. The molecule has 1 heterocycles.